The first-order valence-corrected chi connectivity index (χ1v) is 5.93. The highest BCUT2D eigenvalue weighted by atomic mass is 35.7. The van der Waals surface area contributed by atoms with Crippen molar-refractivity contribution in [2.75, 3.05) is 0 Å². The van der Waals surface area contributed by atoms with E-state index in [-0.39, 0.29) is 0 Å². The molecule has 2 aromatic rings. The lowest BCUT2D eigenvalue weighted by Crippen LogP contribution is -1.70. The van der Waals surface area contributed by atoms with E-state index in [2.05, 4.69) is 10.7 Å². The van der Waals surface area contributed by atoms with Crippen LogP contribution in [-0.2, 0) is 10.3 Å². The summed E-state index contributed by atoms with van der Waals surface area (Å²) in [4.78, 5) is 0. The van der Waals surface area contributed by atoms with Crippen molar-refractivity contribution < 1.29 is 13.9 Å². The van der Waals surface area contributed by atoms with Crippen LogP contribution in [0.15, 0.2) is 42.5 Å². The minimum absolute atomic E-state index is 0.350. The van der Waals surface area contributed by atoms with Crippen LogP contribution in [0, 0.1) is 0 Å². The highest BCUT2D eigenvalue weighted by molar-refractivity contribution is 8.03. The van der Waals surface area contributed by atoms with Gasteiger partial charge in [0.25, 0.3) is 0 Å². The highest BCUT2D eigenvalue weighted by Crippen LogP contribution is 2.22. The minimum atomic E-state index is -2.39. The molecule has 0 aliphatic carbocycles. The zero-order valence-electron chi connectivity index (χ0n) is 7.59. The molecule has 0 aliphatic heterocycles. The van der Waals surface area contributed by atoms with E-state index in [1.807, 2.05) is 36.4 Å². The molecule has 0 heterocycles. The van der Waals surface area contributed by atoms with Crippen LogP contribution >= 0.6 is 10.7 Å². The Morgan fingerprint density at radius 1 is 1.13 bits per heavy atom. The third-order valence-corrected chi connectivity index (χ3v) is 1.77. The molecular weight excluding hydrogens is 236 g/mol. The zero-order valence-corrected chi connectivity index (χ0v) is 9.16. The standard InChI is InChI=1S/C10H8O.ClHO2S/c11-10-7-3-5-8-4-1-2-6-9(8)10;1-4(2)3/h1-7,11H;(H,2,3)/p-1. The summed E-state index contributed by atoms with van der Waals surface area (Å²) < 4.78 is 17.5. The molecule has 1 atom stereocenters. The maximum Gasteiger partial charge on any atom is 0.123 e. The Kier molecular flexibility index (Phi) is 4.55. The predicted molar refractivity (Wildman–Crippen MR) is 60.4 cm³/mol. The van der Waals surface area contributed by atoms with Crippen molar-refractivity contribution in [2.45, 2.75) is 0 Å². The first-order valence-electron chi connectivity index (χ1n) is 4.03. The van der Waals surface area contributed by atoms with Crippen LogP contribution in [0.3, 0.4) is 0 Å². The van der Waals surface area contributed by atoms with Crippen LogP contribution in [0.4, 0.5) is 0 Å². The minimum Gasteiger partial charge on any atom is -0.760 e. The Bertz CT molecular complexity index is 464. The molecule has 0 aromatic heterocycles. The molecule has 2 aromatic carbocycles. The third-order valence-electron chi connectivity index (χ3n) is 1.77. The molecule has 5 heteroatoms. The Morgan fingerprint density at radius 2 is 1.67 bits per heavy atom. The van der Waals surface area contributed by atoms with Crippen molar-refractivity contribution >= 4 is 31.7 Å². The normalized spacial score (nSPS) is 11.6. The second kappa shape index (κ2) is 5.70. The molecule has 0 amide bonds. The van der Waals surface area contributed by atoms with Gasteiger partial charge < -0.3 is 9.66 Å². The summed E-state index contributed by atoms with van der Waals surface area (Å²) in [5.41, 5.74) is 0. The molecule has 80 valence electrons. The van der Waals surface area contributed by atoms with Crippen molar-refractivity contribution in [1.82, 2.24) is 0 Å². The number of phenolic OH excluding ortho intramolecular Hbond substituents is 1. The van der Waals surface area contributed by atoms with Gasteiger partial charge in [0.1, 0.15) is 5.75 Å². The summed E-state index contributed by atoms with van der Waals surface area (Å²) in [5.74, 6) is 0.350. The van der Waals surface area contributed by atoms with Crippen LogP contribution in [0.2, 0.25) is 0 Å². The number of benzene rings is 2. The van der Waals surface area contributed by atoms with Gasteiger partial charge in [-0.05, 0) is 22.1 Å². The molecule has 0 fully saturated rings. The number of rotatable bonds is 0. The smallest absolute Gasteiger partial charge is 0.123 e. The van der Waals surface area contributed by atoms with Crippen LogP contribution in [0.5, 0.6) is 5.75 Å². The lowest BCUT2D eigenvalue weighted by atomic mass is 10.1. The largest absolute Gasteiger partial charge is 0.760 e. The van der Waals surface area contributed by atoms with Gasteiger partial charge in [0.15, 0.2) is 0 Å². The summed E-state index contributed by atoms with van der Waals surface area (Å²) in [6, 6.07) is 13.3. The number of fused-ring (bicyclic) bond motifs is 1. The summed E-state index contributed by atoms with van der Waals surface area (Å²) >= 11 is 0. The molecule has 0 spiro atoms. The van der Waals surface area contributed by atoms with Crippen LogP contribution < -0.4 is 0 Å². The predicted octanol–water partition coefficient (Wildman–Crippen LogP) is 2.56. The van der Waals surface area contributed by atoms with E-state index >= 15 is 0 Å². The van der Waals surface area contributed by atoms with Gasteiger partial charge >= 0.3 is 0 Å². The van der Waals surface area contributed by atoms with E-state index in [9.17, 15) is 5.11 Å². The van der Waals surface area contributed by atoms with Crippen LogP contribution in [0.1, 0.15) is 0 Å². The van der Waals surface area contributed by atoms with Crippen LogP contribution in [-0.4, -0.2) is 13.9 Å². The molecule has 1 N–H and O–H groups in total. The maximum atomic E-state index is 9.37. The first-order chi connectivity index (χ1) is 7.11. The Hall–Kier alpha value is -1.10. The van der Waals surface area contributed by atoms with Crippen molar-refractivity contribution in [3.63, 3.8) is 0 Å². The second-order valence-corrected chi connectivity index (χ2v) is 3.84. The second-order valence-electron chi connectivity index (χ2n) is 2.69. The van der Waals surface area contributed by atoms with Crippen molar-refractivity contribution in [2.24, 2.45) is 0 Å². The zero-order chi connectivity index (χ0) is 11.3. The van der Waals surface area contributed by atoms with Gasteiger partial charge in [-0.1, -0.05) is 36.4 Å². The van der Waals surface area contributed by atoms with Gasteiger partial charge in [0.05, 0.1) is 0 Å². The monoisotopic (exact) mass is 243 g/mol. The van der Waals surface area contributed by atoms with E-state index in [1.165, 1.54) is 0 Å². The first kappa shape index (κ1) is 12.0. The molecule has 0 radical (unpaired) electrons. The van der Waals surface area contributed by atoms with Crippen LogP contribution in [0.25, 0.3) is 10.8 Å². The van der Waals surface area contributed by atoms with Gasteiger partial charge in [-0.3, -0.25) is 4.21 Å². The summed E-state index contributed by atoms with van der Waals surface area (Å²) in [6.07, 6.45) is 0. The number of phenols is 1. The van der Waals surface area contributed by atoms with E-state index < -0.39 is 10.3 Å². The molecular formula is C10H8ClO3S-. The molecule has 0 bridgehead atoms. The lowest BCUT2D eigenvalue weighted by Gasteiger charge is -1.97. The van der Waals surface area contributed by atoms with Gasteiger partial charge in [-0.2, -0.15) is 0 Å². The fourth-order valence-electron chi connectivity index (χ4n) is 1.21. The van der Waals surface area contributed by atoms with Gasteiger partial charge in [-0.25, -0.2) is 0 Å². The quantitative estimate of drug-likeness (QED) is 0.571. The third kappa shape index (κ3) is 3.87. The number of aromatic hydroxyl groups is 1. The number of hydrogen-bond donors (Lipinski definition) is 1. The van der Waals surface area contributed by atoms with Gasteiger partial charge in [-0.15, -0.1) is 0 Å². The topological polar surface area (TPSA) is 60.4 Å². The summed E-state index contributed by atoms with van der Waals surface area (Å²) in [7, 11) is 1.80. The maximum absolute atomic E-state index is 9.37. The average Bonchev–Trinajstić information content (AvgIpc) is 2.18. The molecule has 3 nitrogen and oxygen atoms in total. The number of halogens is 1. The fourth-order valence-corrected chi connectivity index (χ4v) is 1.21. The van der Waals surface area contributed by atoms with Crippen molar-refractivity contribution in [1.29, 1.82) is 0 Å². The van der Waals surface area contributed by atoms with Gasteiger partial charge in [0, 0.05) is 15.7 Å². The number of hydrogen-bond acceptors (Lipinski definition) is 3. The average molecular weight is 244 g/mol. The fraction of sp³-hybridized carbons (Fsp3) is 0. The Morgan fingerprint density at radius 3 is 2.27 bits per heavy atom. The summed E-state index contributed by atoms with van der Waals surface area (Å²) in [6.45, 7) is 0. The van der Waals surface area contributed by atoms with E-state index in [1.54, 1.807) is 6.07 Å². The molecule has 2 rings (SSSR count). The van der Waals surface area contributed by atoms with Crippen molar-refractivity contribution in [3.05, 3.63) is 42.5 Å². The molecule has 0 saturated carbocycles. The van der Waals surface area contributed by atoms with E-state index in [0.29, 0.717) is 5.75 Å². The molecule has 0 saturated heterocycles. The van der Waals surface area contributed by atoms with Gasteiger partial charge in [0.2, 0.25) is 0 Å². The van der Waals surface area contributed by atoms with E-state index in [0.717, 1.165) is 10.8 Å². The Labute approximate surface area is 94.1 Å². The molecule has 1 unspecified atom stereocenters. The van der Waals surface area contributed by atoms with Crippen molar-refractivity contribution in [3.8, 4) is 5.75 Å². The summed E-state index contributed by atoms with van der Waals surface area (Å²) in [5, 5.41) is 11.4. The lowest BCUT2D eigenvalue weighted by molar-refractivity contribution is 0.481. The molecule has 0 aliphatic rings. The molecule has 15 heavy (non-hydrogen) atoms. The SMILES string of the molecule is O=S([O-])Cl.Oc1cccc2ccccc12. The Balaban J connectivity index is 0.000000245. The highest BCUT2D eigenvalue weighted by Gasteiger charge is 1.94. The van der Waals surface area contributed by atoms with E-state index in [4.69, 9.17) is 8.76 Å².